The largest absolute Gasteiger partial charge is 0.495 e. The molecule has 1 N–H and O–H groups in total. The Labute approximate surface area is 109 Å². The Morgan fingerprint density at radius 2 is 2.22 bits per heavy atom. The number of hydrogen-bond acceptors (Lipinski definition) is 3. The van der Waals surface area contributed by atoms with Gasteiger partial charge in [-0.1, -0.05) is 26.7 Å². The van der Waals surface area contributed by atoms with Crippen molar-refractivity contribution in [1.29, 1.82) is 0 Å². The van der Waals surface area contributed by atoms with Crippen molar-refractivity contribution in [3.05, 3.63) is 24.0 Å². The van der Waals surface area contributed by atoms with E-state index in [-0.39, 0.29) is 5.92 Å². The Balaban J connectivity index is 2.43. The molecule has 1 aliphatic carbocycles. The summed E-state index contributed by atoms with van der Waals surface area (Å²) >= 11 is 0. The van der Waals surface area contributed by atoms with Crippen molar-refractivity contribution < 1.29 is 9.84 Å². The van der Waals surface area contributed by atoms with Crippen LogP contribution in [0.15, 0.2) is 18.3 Å². The van der Waals surface area contributed by atoms with Crippen LogP contribution in [0.25, 0.3) is 0 Å². The summed E-state index contributed by atoms with van der Waals surface area (Å²) in [5.41, 5.74) is -0.121. The average Bonchev–Trinajstić information content (AvgIpc) is 2.38. The second kappa shape index (κ2) is 5.27. The molecular weight excluding hydrogens is 226 g/mol. The number of aliphatic hydroxyl groups is 1. The van der Waals surface area contributed by atoms with Crippen LogP contribution in [-0.2, 0) is 5.60 Å². The fourth-order valence-corrected chi connectivity index (χ4v) is 3.24. The normalized spacial score (nSPS) is 28.4. The molecule has 0 aliphatic heterocycles. The Morgan fingerprint density at radius 3 is 2.89 bits per heavy atom. The van der Waals surface area contributed by atoms with Gasteiger partial charge in [0.25, 0.3) is 0 Å². The van der Waals surface area contributed by atoms with Crippen molar-refractivity contribution in [2.24, 2.45) is 11.8 Å². The summed E-state index contributed by atoms with van der Waals surface area (Å²) in [6.07, 6.45) is 5.83. The number of hydrogen-bond donors (Lipinski definition) is 1. The number of aromatic nitrogens is 1. The van der Waals surface area contributed by atoms with Crippen molar-refractivity contribution in [3.8, 4) is 5.75 Å². The van der Waals surface area contributed by atoms with Crippen molar-refractivity contribution in [3.63, 3.8) is 0 Å². The lowest BCUT2D eigenvalue weighted by atomic mass is 9.68. The fraction of sp³-hybridized carbons (Fsp3) is 0.667. The molecule has 100 valence electrons. The highest BCUT2D eigenvalue weighted by molar-refractivity contribution is 5.32. The zero-order valence-electron chi connectivity index (χ0n) is 11.5. The Hall–Kier alpha value is -1.09. The number of methoxy groups -OCH3 is 1. The van der Waals surface area contributed by atoms with Gasteiger partial charge in [-0.15, -0.1) is 0 Å². The maximum atomic E-state index is 11.1. The van der Waals surface area contributed by atoms with E-state index in [0.29, 0.717) is 17.4 Å². The molecule has 1 saturated carbocycles. The van der Waals surface area contributed by atoms with Gasteiger partial charge in [-0.2, -0.15) is 0 Å². The maximum absolute atomic E-state index is 11.1. The summed E-state index contributed by atoms with van der Waals surface area (Å²) in [5, 5.41) is 11.1. The van der Waals surface area contributed by atoms with Crippen LogP contribution in [0.1, 0.15) is 45.2 Å². The minimum absolute atomic E-state index is 0.259. The minimum Gasteiger partial charge on any atom is -0.495 e. The standard InChI is InChI=1S/C15H23NO2/c1-11(2)12-7-4-5-9-15(12,17)14-13(18-3)8-6-10-16-14/h6,8,10-12,17H,4-5,7,9H2,1-3H3. The summed E-state index contributed by atoms with van der Waals surface area (Å²) in [6.45, 7) is 4.35. The summed E-state index contributed by atoms with van der Waals surface area (Å²) in [6, 6.07) is 3.73. The highest BCUT2D eigenvalue weighted by Gasteiger charge is 2.44. The number of ether oxygens (including phenoxy) is 1. The molecule has 1 aromatic heterocycles. The second-order valence-electron chi connectivity index (χ2n) is 5.57. The first-order valence-corrected chi connectivity index (χ1v) is 6.81. The predicted octanol–water partition coefficient (Wildman–Crippen LogP) is 3.12. The maximum Gasteiger partial charge on any atom is 0.143 e. The zero-order valence-corrected chi connectivity index (χ0v) is 11.5. The lowest BCUT2D eigenvalue weighted by Crippen LogP contribution is -2.41. The fourth-order valence-electron chi connectivity index (χ4n) is 3.24. The molecule has 1 heterocycles. The molecule has 1 aromatic rings. The van der Waals surface area contributed by atoms with Gasteiger partial charge in [0.2, 0.25) is 0 Å². The van der Waals surface area contributed by atoms with Crippen LogP contribution in [0, 0.1) is 11.8 Å². The number of rotatable bonds is 3. The van der Waals surface area contributed by atoms with Gasteiger partial charge >= 0.3 is 0 Å². The quantitative estimate of drug-likeness (QED) is 0.895. The second-order valence-corrected chi connectivity index (χ2v) is 5.57. The summed E-state index contributed by atoms with van der Waals surface area (Å²) in [4.78, 5) is 4.40. The lowest BCUT2D eigenvalue weighted by molar-refractivity contribution is -0.0768. The van der Waals surface area contributed by atoms with E-state index in [0.717, 1.165) is 19.3 Å². The van der Waals surface area contributed by atoms with Gasteiger partial charge in [0.15, 0.2) is 0 Å². The van der Waals surface area contributed by atoms with Gasteiger partial charge in [-0.25, -0.2) is 0 Å². The Bertz CT molecular complexity index is 405. The summed E-state index contributed by atoms with van der Waals surface area (Å²) in [7, 11) is 1.64. The van der Waals surface area contributed by atoms with Crippen LogP contribution in [0.2, 0.25) is 0 Å². The smallest absolute Gasteiger partial charge is 0.143 e. The minimum atomic E-state index is -0.834. The molecule has 3 nitrogen and oxygen atoms in total. The van der Waals surface area contributed by atoms with E-state index in [1.807, 2.05) is 12.1 Å². The van der Waals surface area contributed by atoms with E-state index in [9.17, 15) is 5.11 Å². The molecule has 3 heteroatoms. The van der Waals surface area contributed by atoms with Crippen molar-refractivity contribution >= 4 is 0 Å². The molecule has 2 atom stereocenters. The zero-order chi connectivity index (χ0) is 13.2. The van der Waals surface area contributed by atoms with Crippen LogP contribution in [0.3, 0.4) is 0 Å². The van der Waals surface area contributed by atoms with Gasteiger partial charge in [-0.3, -0.25) is 4.98 Å². The molecule has 1 aliphatic rings. The first-order chi connectivity index (χ1) is 8.59. The average molecular weight is 249 g/mol. The monoisotopic (exact) mass is 249 g/mol. The van der Waals surface area contributed by atoms with Gasteiger partial charge in [0, 0.05) is 6.20 Å². The Kier molecular flexibility index (Phi) is 3.91. The van der Waals surface area contributed by atoms with Crippen LogP contribution in [0.4, 0.5) is 0 Å². The molecular formula is C15H23NO2. The van der Waals surface area contributed by atoms with Gasteiger partial charge in [-0.05, 0) is 36.8 Å². The van der Waals surface area contributed by atoms with Gasteiger partial charge < -0.3 is 9.84 Å². The van der Waals surface area contributed by atoms with Crippen molar-refractivity contribution in [1.82, 2.24) is 4.98 Å². The van der Waals surface area contributed by atoms with Gasteiger partial charge in [0.05, 0.1) is 7.11 Å². The van der Waals surface area contributed by atoms with Crippen LogP contribution in [-0.4, -0.2) is 17.2 Å². The third kappa shape index (κ3) is 2.24. The molecule has 0 bridgehead atoms. The van der Waals surface area contributed by atoms with E-state index in [4.69, 9.17) is 4.74 Å². The predicted molar refractivity (Wildman–Crippen MR) is 71.5 cm³/mol. The Morgan fingerprint density at radius 1 is 1.44 bits per heavy atom. The van der Waals surface area contributed by atoms with Crippen molar-refractivity contribution in [2.45, 2.75) is 45.1 Å². The number of nitrogens with zero attached hydrogens (tertiary/aromatic N) is 1. The van der Waals surface area contributed by atoms with Crippen molar-refractivity contribution in [2.75, 3.05) is 7.11 Å². The SMILES string of the molecule is COc1cccnc1C1(O)CCCCC1C(C)C. The molecule has 0 aromatic carbocycles. The molecule has 2 rings (SSSR count). The van der Waals surface area contributed by atoms with E-state index < -0.39 is 5.60 Å². The number of pyridine rings is 1. The molecule has 0 saturated heterocycles. The molecule has 0 amide bonds. The lowest BCUT2D eigenvalue weighted by Gasteiger charge is -2.42. The third-order valence-corrected chi connectivity index (χ3v) is 4.14. The molecule has 2 unspecified atom stereocenters. The van der Waals surface area contributed by atoms with Gasteiger partial charge in [0.1, 0.15) is 17.0 Å². The van der Waals surface area contributed by atoms with E-state index >= 15 is 0 Å². The van der Waals surface area contributed by atoms with Crippen LogP contribution >= 0.6 is 0 Å². The topological polar surface area (TPSA) is 42.4 Å². The first kappa shape index (κ1) is 13.3. The highest BCUT2D eigenvalue weighted by Crippen LogP contribution is 2.46. The molecule has 0 radical (unpaired) electrons. The van der Waals surface area contributed by atoms with Crippen LogP contribution < -0.4 is 4.74 Å². The van der Waals surface area contributed by atoms with E-state index in [1.165, 1.54) is 6.42 Å². The summed E-state index contributed by atoms with van der Waals surface area (Å²) in [5.74, 6) is 1.41. The highest BCUT2D eigenvalue weighted by atomic mass is 16.5. The molecule has 18 heavy (non-hydrogen) atoms. The van der Waals surface area contributed by atoms with Crippen LogP contribution in [0.5, 0.6) is 5.75 Å². The van der Waals surface area contributed by atoms with E-state index in [2.05, 4.69) is 18.8 Å². The van der Waals surface area contributed by atoms with E-state index in [1.54, 1.807) is 13.3 Å². The first-order valence-electron chi connectivity index (χ1n) is 6.81. The molecule has 0 spiro atoms. The molecule has 1 fully saturated rings. The summed E-state index contributed by atoms with van der Waals surface area (Å²) < 4.78 is 5.37. The third-order valence-electron chi connectivity index (χ3n) is 4.14.